The first-order chi connectivity index (χ1) is 11.5. The normalized spacial score (nSPS) is 13.5. The number of aliphatic hydroxyl groups excluding tert-OH is 1. The first kappa shape index (κ1) is 18.7. The summed E-state index contributed by atoms with van der Waals surface area (Å²) in [5, 5.41) is 14.0. The molecule has 2 rings (SSSR count). The van der Waals surface area contributed by atoms with Crippen LogP contribution < -0.4 is 10.1 Å². The van der Waals surface area contributed by atoms with Gasteiger partial charge in [-0.2, -0.15) is 0 Å². The van der Waals surface area contributed by atoms with E-state index in [2.05, 4.69) is 11.4 Å². The zero-order valence-corrected chi connectivity index (χ0v) is 15.0. The Morgan fingerprint density at radius 1 is 1.08 bits per heavy atom. The second-order valence-corrected chi connectivity index (χ2v) is 6.17. The van der Waals surface area contributed by atoms with Gasteiger partial charge in [0.15, 0.2) is 0 Å². The van der Waals surface area contributed by atoms with Gasteiger partial charge in [-0.05, 0) is 41.8 Å². The summed E-state index contributed by atoms with van der Waals surface area (Å²) in [7, 11) is 3.24. The van der Waals surface area contributed by atoms with Crippen LogP contribution in [0.2, 0.25) is 5.02 Å². The van der Waals surface area contributed by atoms with Gasteiger partial charge >= 0.3 is 0 Å². The van der Waals surface area contributed by atoms with E-state index >= 15 is 0 Å². The van der Waals surface area contributed by atoms with Crippen LogP contribution in [0.15, 0.2) is 42.5 Å². The Morgan fingerprint density at radius 3 is 2.33 bits per heavy atom. The van der Waals surface area contributed by atoms with Crippen LogP contribution in [0.25, 0.3) is 0 Å². The summed E-state index contributed by atoms with van der Waals surface area (Å²) in [5.74, 6) is 0.855. The van der Waals surface area contributed by atoms with E-state index in [-0.39, 0.29) is 6.04 Å². The van der Waals surface area contributed by atoms with Crippen molar-refractivity contribution in [3.63, 3.8) is 0 Å². The van der Waals surface area contributed by atoms with Crippen LogP contribution in [-0.4, -0.2) is 38.6 Å². The van der Waals surface area contributed by atoms with Crippen molar-refractivity contribution in [1.82, 2.24) is 5.32 Å². The molecule has 0 radical (unpaired) electrons. The SMILES string of the molecule is COCC(O)CNC(c1ccc(Cl)cc1)c1ccc(OC)c(C)c1. The lowest BCUT2D eigenvalue weighted by molar-refractivity contribution is 0.0634. The molecule has 0 aliphatic rings. The average Bonchev–Trinajstić information content (AvgIpc) is 2.57. The van der Waals surface area contributed by atoms with Gasteiger partial charge < -0.3 is 19.9 Å². The number of rotatable bonds is 8. The van der Waals surface area contributed by atoms with E-state index in [0.717, 1.165) is 22.4 Å². The fourth-order valence-corrected chi connectivity index (χ4v) is 2.80. The van der Waals surface area contributed by atoms with E-state index in [1.165, 1.54) is 0 Å². The van der Waals surface area contributed by atoms with Crippen molar-refractivity contribution < 1.29 is 14.6 Å². The van der Waals surface area contributed by atoms with Crippen molar-refractivity contribution in [2.75, 3.05) is 27.4 Å². The van der Waals surface area contributed by atoms with Crippen molar-refractivity contribution in [1.29, 1.82) is 0 Å². The van der Waals surface area contributed by atoms with Gasteiger partial charge in [0.05, 0.1) is 25.9 Å². The van der Waals surface area contributed by atoms with E-state index in [1.54, 1.807) is 14.2 Å². The van der Waals surface area contributed by atoms with Gasteiger partial charge in [0.25, 0.3) is 0 Å². The van der Waals surface area contributed by atoms with Crippen molar-refractivity contribution >= 4 is 11.6 Å². The highest BCUT2D eigenvalue weighted by molar-refractivity contribution is 6.30. The molecule has 2 unspecified atom stereocenters. The van der Waals surface area contributed by atoms with Gasteiger partial charge in [-0.25, -0.2) is 0 Å². The van der Waals surface area contributed by atoms with Crippen LogP contribution in [0, 0.1) is 6.92 Å². The molecule has 130 valence electrons. The molecule has 2 N–H and O–H groups in total. The predicted molar refractivity (Wildman–Crippen MR) is 96.9 cm³/mol. The van der Waals surface area contributed by atoms with Gasteiger partial charge in [-0.3, -0.25) is 0 Å². The van der Waals surface area contributed by atoms with E-state index in [0.29, 0.717) is 18.2 Å². The van der Waals surface area contributed by atoms with Gasteiger partial charge in [-0.1, -0.05) is 35.9 Å². The molecule has 0 aliphatic heterocycles. The number of hydrogen-bond acceptors (Lipinski definition) is 4. The molecule has 0 spiro atoms. The molecule has 0 amide bonds. The first-order valence-corrected chi connectivity index (χ1v) is 8.23. The van der Waals surface area contributed by atoms with E-state index < -0.39 is 6.10 Å². The van der Waals surface area contributed by atoms with Gasteiger partial charge in [0, 0.05) is 18.7 Å². The molecule has 2 atom stereocenters. The van der Waals surface area contributed by atoms with Crippen molar-refractivity contribution in [3.05, 3.63) is 64.2 Å². The van der Waals surface area contributed by atoms with Gasteiger partial charge in [-0.15, -0.1) is 0 Å². The summed E-state index contributed by atoms with van der Waals surface area (Å²) in [5.41, 5.74) is 3.24. The Hall–Kier alpha value is -1.59. The third-order valence-corrected chi connectivity index (χ3v) is 4.12. The van der Waals surface area contributed by atoms with Gasteiger partial charge in [0.2, 0.25) is 0 Å². The van der Waals surface area contributed by atoms with Crippen molar-refractivity contribution in [2.24, 2.45) is 0 Å². The highest BCUT2D eigenvalue weighted by Gasteiger charge is 2.16. The summed E-state index contributed by atoms with van der Waals surface area (Å²) >= 11 is 6.00. The molecule has 0 aromatic heterocycles. The zero-order valence-electron chi connectivity index (χ0n) is 14.3. The molecule has 0 heterocycles. The Balaban J connectivity index is 2.27. The molecule has 0 fully saturated rings. The van der Waals surface area contributed by atoms with E-state index in [1.807, 2.05) is 43.3 Å². The summed E-state index contributed by atoms with van der Waals surface area (Å²) in [6, 6.07) is 13.7. The van der Waals surface area contributed by atoms with Crippen LogP contribution in [0.1, 0.15) is 22.7 Å². The molecule has 2 aromatic rings. The lowest BCUT2D eigenvalue weighted by Crippen LogP contribution is -2.33. The quantitative estimate of drug-likeness (QED) is 0.767. The Bertz CT molecular complexity index is 646. The highest BCUT2D eigenvalue weighted by atomic mass is 35.5. The van der Waals surface area contributed by atoms with Crippen molar-refractivity contribution in [2.45, 2.75) is 19.1 Å². The summed E-state index contributed by atoms with van der Waals surface area (Å²) in [4.78, 5) is 0. The Morgan fingerprint density at radius 2 is 1.75 bits per heavy atom. The lowest BCUT2D eigenvalue weighted by Gasteiger charge is -2.22. The number of benzene rings is 2. The highest BCUT2D eigenvalue weighted by Crippen LogP contribution is 2.27. The molecular weight excluding hydrogens is 326 g/mol. The fourth-order valence-electron chi connectivity index (χ4n) is 2.67. The van der Waals surface area contributed by atoms with E-state index in [4.69, 9.17) is 21.1 Å². The third-order valence-electron chi connectivity index (χ3n) is 3.87. The first-order valence-electron chi connectivity index (χ1n) is 7.85. The summed E-state index contributed by atoms with van der Waals surface area (Å²) in [6.07, 6.45) is -0.566. The molecule has 4 nitrogen and oxygen atoms in total. The number of aryl methyl sites for hydroxylation is 1. The number of hydrogen-bond donors (Lipinski definition) is 2. The fraction of sp³-hybridized carbons (Fsp3) is 0.368. The second-order valence-electron chi connectivity index (χ2n) is 5.73. The molecule has 0 aliphatic carbocycles. The summed E-state index contributed by atoms with van der Waals surface area (Å²) < 4.78 is 10.3. The number of nitrogens with one attached hydrogen (secondary N) is 1. The minimum Gasteiger partial charge on any atom is -0.496 e. The summed E-state index contributed by atoms with van der Waals surface area (Å²) in [6.45, 7) is 2.73. The second kappa shape index (κ2) is 9.04. The molecule has 5 heteroatoms. The van der Waals surface area contributed by atoms with Crippen LogP contribution in [0.3, 0.4) is 0 Å². The minimum absolute atomic E-state index is 0.0571. The smallest absolute Gasteiger partial charge is 0.121 e. The van der Waals surface area contributed by atoms with Crippen LogP contribution in [0.5, 0.6) is 5.75 Å². The zero-order chi connectivity index (χ0) is 17.5. The molecule has 2 aromatic carbocycles. The number of halogens is 1. The number of aliphatic hydroxyl groups is 1. The molecule has 0 bridgehead atoms. The maximum atomic E-state index is 9.94. The third kappa shape index (κ3) is 4.95. The number of ether oxygens (including phenoxy) is 2. The monoisotopic (exact) mass is 349 g/mol. The molecule has 0 saturated heterocycles. The van der Waals surface area contributed by atoms with E-state index in [9.17, 15) is 5.11 Å². The van der Waals surface area contributed by atoms with Crippen LogP contribution in [0.4, 0.5) is 0 Å². The molecule has 24 heavy (non-hydrogen) atoms. The largest absolute Gasteiger partial charge is 0.496 e. The van der Waals surface area contributed by atoms with Gasteiger partial charge in [0.1, 0.15) is 5.75 Å². The average molecular weight is 350 g/mol. The maximum absolute atomic E-state index is 9.94. The number of methoxy groups -OCH3 is 2. The van der Waals surface area contributed by atoms with Crippen LogP contribution in [-0.2, 0) is 4.74 Å². The van der Waals surface area contributed by atoms with Crippen LogP contribution >= 0.6 is 11.6 Å². The minimum atomic E-state index is -0.566. The predicted octanol–water partition coefficient (Wildman–Crippen LogP) is 3.34. The molecule has 0 saturated carbocycles. The maximum Gasteiger partial charge on any atom is 0.121 e. The Labute approximate surface area is 148 Å². The molecular formula is C19H24ClNO3. The van der Waals surface area contributed by atoms with Crippen molar-refractivity contribution in [3.8, 4) is 5.75 Å². The lowest BCUT2D eigenvalue weighted by atomic mass is 9.96. The standard InChI is InChI=1S/C19H24ClNO3/c1-13-10-15(6-9-18(13)24-3)19(21-11-17(22)12-23-2)14-4-7-16(20)8-5-14/h4-10,17,19,21-22H,11-12H2,1-3H3. The Kier molecular flexibility index (Phi) is 7.06. The topological polar surface area (TPSA) is 50.7 Å².